The number of carbonyl (C=O) groups excluding carboxylic acids is 3. The van der Waals surface area contributed by atoms with Gasteiger partial charge in [0, 0.05) is 6.08 Å². The number of esters is 2. The van der Waals surface area contributed by atoms with Crippen LogP contribution in [0.3, 0.4) is 0 Å². The fraction of sp³-hybridized carbons (Fsp3) is 0. The summed E-state index contributed by atoms with van der Waals surface area (Å²) < 4.78 is 9.81. The number of ketones is 1. The lowest BCUT2D eigenvalue weighted by Crippen LogP contribution is -2.14. The number of hydrogen-bond acceptors (Lipinski definition) is 5. The Labute approximate surface area is 162 Å². The van der Waals surface area contributed by atoms with E-state index in [9.17, 15) is 14.4 Å². The van der Waals surface area contributed by atoms with Crippen LogP contribution in [0.2, 0.25) is 0 Å². The van der Waals surface area contributed by atoms with E-state index in [0.717, 1.165) is 29.5 Å². The van der Waals surface area contributed by atoms with Crippen molar-refractivity contribution in [1.29, 1.82) is 0 Å². The summed E-state index contributed by atoms with van der Waals surface area (Å²) in [6.07, 6.45) is 7.13. The van der Waals surface area contributed by atoms with Gasteiger partial charge >= 0.3 is 11.9 Å². The zero-order chi connectivity index (χ0) is 20.2. The minimum absolute atomic E-state index is 0.481. The number of benzene rings is 2. The van der Waals surface area contributed by atoms with Gasteiger partial charge in [0.15, 0.2) is 5.78 Å². The van der Waals surface area contributed by atoms with Gasteiger partial charge in [-0.25, -0.2) is 9.59 Å². The van der Waals surface area contributed by atoms with E-state index >= 15 is 0 Å². The third-order valence-electron chi connectivity index (χ3n) is 3.41. The Kier molecular flexibility index (Phi) is 7.90. The summed E-state index contributed by atoms with van der Waals surface area (Å²) in [5.74, 6) is -2.62. The van der Waals surface area contributed by atoms with E-state index in [-0.39, 0.29) is 0 Å². The molecular formula is C23H18O5. The molecule has 0 spiro atoms. The van der Waals surface area contributed by atoms with Gasteiger partial charge in [-0.1, -0.05) is 67.2 Å². The molecule has 0 fully saturated rings. The molecule has 0 saturated carbocycles. The highest BCUT2D eigenvalue weighted by atomic mass is 16.5. The summed E-state index contributed by atoms with van der Waals surface area (Å²) in [4.78, 5) is 35.9. The fourth-order valence-corrected chi connectivity index (χ4v) is 2.04. The van der Waals surface area contributed by atoms with Crippen molar-refractivity contribution < 1.29 is 23.9 Å². The van der Waals surface area contributed by atoms with Gasteiger partial charge in [-0.15, -0.1) is 0 Å². The maximum absolute atomic E-state index is 12.1. The van der Waals surface area contributed by atoms with Gasteiger partial charge in [0.05, 0.1) is 12.5 Å². The third kappa shape index (κ3) is 6.72. The van der Waals surface area contributed by atoms with Crippen LogP contribution in [0.25, 0.3) is 12.2 Å². The molecule has 2 aromatic carbocycles. The van der Waals surface area contributed by atoms with Crippen molar-refractivity contribution >= 4 is 29.9 Å². The van der Waals surface area contributed by atoms with Crippen molar-refractivity contribution in [3.63, 3.8) is 0 Å². The number of carbonyl (C=O) groups is 3. The first-order valence-corrected chi connectivity index (χ1v) is 8.33. The molecule has 28 heavy (non-hydrogen) atoms. The second-order valence-corrected chi connectivity index (χ2v) is 5.40. The van der Waals surface area contributed by atoms with E-state index in [1.54, 1.807) is 12.2 Å². The van der Waals surface area contributed by atoms with Crippen LogP contribution in [0, 0.1) is 0 Å². The van der Waals surface area contributed by atoms with Crippen molar-refractivity contribution in [1.82, 2.24) is 0 Å². The molecular weight excluding hydrogens is 356 g/mol. The van der Waals surface area contributed by atoms with Crippen LogP contribution in [-0.2, 0) is 23.9 Å². The molecule has 0 radical (unpaired) electrons. The van der Waals surface area contributed by atoms with Crippen molar-refractivity contribution in [2.75, 3.05) is 0 Å². The Bertz CT molecular complexity index is 922. The average Bonchev–Trinajstić information content (AvgIpc) is 2.73. The summed E-state index contributed by atoms with van der Waals surface area (Å²) in [6.45, 7) is 3.32. The Morgan fingerprint density at radius 1 is 0.750 bits per heavy atom. The first kappa shape index (κ1) is 20.3. The second kappa shape index (κ2) is 10.9. The third-order valence-corrected chi connectivity index (χ3v) is 3.41. The van der Waals surface area contributed by atoms with Gasteiger partial charge in [0.2, 0.25) is 0 Å². The minimum Gasteiger partial charge on any atom is -0.431 e. The summed E-state index contributed by atoms with van der Waals surface area (Å²) in [6, 6.07) is 18.3. The monoisotopic (exact) mass is 374 g/mol. The van der Waals surface area contributed by atoms with Gasteiger partial charge in [0.1, 0.15) is 5.57 Å². The molecule has 0 aliphatic carbocycles. The topological polar surface area (TPSA) is 69.7 Å². The maximum atomic E-state index is 12.1. The molecule has 2 aromatic rings. The quantitative estimate of drug-likeness (QED) is 0.229. The Balaban J connectivity index is 2.02. The first-order valence-electron chi connectivity index (χ1n) is 8.33. The lowest BCUT2D eigenvalue weighted by atomic mass is 10.1. The largest absolute Gasteiger partial charge is 0.431 e. The van der Waals surface area contributed by atoms with Gasteiger partial charge in [0.25, 0.3) is 0 Å². The SMILES string of the molecule is C=CC(=O)/C(=C/C(=O)OC=Cc1ccccc1)C(=O)OC=Cc1ccccc1. The highest BCUT2D eigenvalue weighted by Gasteiger charge is 2.19. The highest BCUT2D eigenvalue weighted by Crippen LogP contribution is 2.07. The number of allylic oxidation sites excluding steroid dienone is 1. The molecule has 5 heteroatoms. The normalized spacial score (nSPS) is 11.4. The molecule has 0 amide bonds. The van der Waals surface area contributed by atoms with Gasteiger partial charge in [-0.2, -0.15) is 0 Å². The van der Waals surface area contributed by atoms with E-state index in [4.69, 9.17) is 9.47 Å². The fourth-order valence-electron chi connectivity index (χ4n) is 2.04. The molecule has 0 aromatic heterocycles. The number of hydrogen-bond donors (Lipinski definition) is 0. The number of rotatable bonds is 8. The van der Waals surface area contributed by atoms with E-state index in [1.165, 1.54) is 6.26 Å². The Morgan fingerprint density at radius 2 is 1.25 bits per heavy atom. The standard InChI is InChI=1S/C23H18O5/c1-2-21(24)20(23(26)28-16-14-19-11-7-4-8-12-19)17-22(25)27-15-13-18-9-5-3-6-10-18/h2-17H,1H2/b15-13?,16-14?,20-17-. The van der Waals surface area contributed by atoms with Gasteiger partial charge < -0.3 is 9.47 Å². The molecule has 0 heterocycles. The zero-order valence-electron chi connectivity index (χ0n) is 15.0. The second-order valence-electron chi connectivity index (χ2n) is 5.40. The first-order chi connectivity index (χ1) is 13.6. The summed E-state index contributed by atoms with van der Waals surface area (Å²) in [5.41, 5.74) is 1.15. The lowest BCUT2D eigenvalue weighted by molar-refractivity contribution is -0.137. The van der Waals surface area contributed by atoms with Crippen molar-refractivity contribution in [2.45, 2.75) is 0 Å². The van der Waals surface area contributed by atoms with E-state index in [0.29, 0.717) is 0 Å². The molecule has 2 rings (SSSR count). The van der Waals surface area contributed by atoms with Crippen molar-refractivity contribution in [3.8, 4) is 0 Å². The van der Waals surface area contributed by atoms with Crippen LogP contribution in [0.1, 0.15) is 11.1 Å². The lowest BCUT2D eigenvalue weighted by Gasteiger charge is -2.02. The molecule has 0 atom stereocenters. The Hall–Kier alpha value is -3.99. The van der Waals surface area contributed by atoms with E-state index in [1.807, 2.05) is 60.7 Å². The Morgan fingerprint density at radius 3 is 1.75 bits per heavy atom. The van der Waals surface area contributed by atoms with Crippen LogP contribution < -0.4 is 0 Å². The van der Waals surface area contributed by atoms with Crippen LogP contribution in [0.4, 0.5) is 0 Å². The minimum atomic E-state index is -0.985. The van der Waals surface area contributed by atoms with Crippen molar-refractivity contribution in [2.24, 2.45) is 0 Å². The molecule has 0 unspecified atom stereocenters. The number of ether oxygens (including phenoxy) is 2. The van der Waals surface area contributed by atoms with Gasteiger partial charge in [-0.05, 0) is 29.4 Å². The predicted molar refractivity (Wildman–Crippen MR) is 106 cm³/mol. The maximum Gasteiger partial charge on any atom is 0.347 e. The highest BCUT2D eigenvalue weighted by molar-refractivity contribution is 6.23. The van der Waals surface area contributed by atoms with Crippen LogP contribution in [0.5, 0.6) is 0 Å². The predicted octanol–water partition coefficient (Wildman–Crippen LogP) is 4.10. The van der Waals surface area contributed by atoms with Crippen LogP contribution in [-0.4, -0.2) is 17.7 Å². The van der Waals surface area contributed by atoms with Crippen LogP contribution >= 0.6 is 0 Å². The smallest absolute Gasteiger partial charge is 0.347 e. The molecule has 0 saturated heterocycles. The zero-order valence-corrected chi connectivity index (χ0v) is 15.0. The average molecular weight is 374 g/mol. The molecule has 0 aliphatic heterocycles. The van der Waals surface area contributed by atoms with Crippen molar-refractivity contribution in [3.05, 3.63) is 109 Å². The molecule has 0 N–H and O–H groups in total. The van der Waals surface area contributed by atoms with Crippen LogP contribution in [0.15, 0.2) is 97.5 Å². The summed E-state index contributed by atoms with van der Waals surface area (Å²) >= 11 is 0. The molecule has 5 nitrogen and oxygen atoms in total. The molecule has 140 valence electrons. The van der Waals surface area contributed by atoms with E-state index < -0.39 is 23.3 Å². The summed E-state index contributed by atoms with van der Waals surface area (Å²) in [5, 5.41) is 0. The molecule has 0 bridgehead atoms. The van der Waals surface area contributed by atoms with Gasteiger partial charge in [-0.3, -0.25) is 4.79 Å². The molecule has 0 aliphatic rings. The van der Waals surface area contributed by atoms with E-state index in [2.05, 4.69) is 6.58 Å². The summed E-state index contributed by atoms with van der Waals surface area (Å²) in [7, 11) is 0.